The summed E-state index contributed by atoms with van der Waals surface area (Å²) in [5.41, 5.74) is 7.70. The van der Waals surface area contributed by atoms with Crippen LogP contribution in [-0.4, -0.2) is 26.2 Å². The highest BCUT2D eigenvalue weighted by molar-refractivity contribution is 5.81. The van der Waals surface area contributed by atoms with Crippen LogP contribution in [0, 0.1) is 0 Å². The van der Waals surface area contributed by atoms with Crippen LogP contribution in [0.15, 0.2) is 24.3 Å². The van der Waals surface area contributed by atoms with Gasteiger partial charge in [0.15, 0.2) is 0 Å². The fourth-order valence-electron chi connectivity index (χ4n) is 2.07. The molecule has 1 atom stereocenters. The predicted octanol–water partition coefficient (Wildman–Crippen LogP) is 1.33. The first-order chi connectivity index (χ1) is 8.72. The maximum Gasteiger partial charge on any atom is 0.239 e. The van der Waals surface area contributed by atoms with Crippen LogP contribution in [0.2, 0.25) is 0 Å². The summed E-state index contributed by atoms with van der Waals surface area (Å²) in [6.07, 6.45) is 2.56. The molecular weight excluding hydrogens is 228 g/mol. The van der Waals surface area contributed by atoms with E-state index < -0.39 is 6.04 Å². The zero-order valence-electron chi connectivity index (χ0n) is 10.7. The number of ether oxygens (including phenoxy) is 1. The Labute approximate surface area is 108 Å². The number of benzene rings is 1. The number of amides is 1. The molecule has 3 N–H and O–H groups in total. The molecule has 0 bridgehead atoms. The van der Waals surface area contributed by atoms with Crippen LogP contribution in [0.4, 0.5) is 0 Å². The summed E-state index contributed by atoms with van der Waals surface area (Å²) in [6.45, 7) is 1.17. The first-order valence-corrected chi connectivity index (χ1v) is 6.34. The molecule has 1 aliphatic carbocycles. The second-order valence-corrected chi connectivity index (χ2v) is 4.72. The number of methoxy groups -OCH3 is 1. The van der Waals surface area contributed by atoms with Crippen molar-refractivity contribution in [1.82, 2.24) is 5.32 Å². The summed E-state index contributed by atoms with van der Waals surface area (Å²) in [6, 6.07) is 7.74. The van der Waals surface area contributed by atoms with E-state index in [0.717, 1.165) is 11.5 Å². The molecule has 1 fully saturated rings. The number of rotatable bonds is 7. The van der Waals surface area contributed by atoms with Gasteiger partial charge in [-0.15, -0.1) is 0 Å². The molecule has 2 rings (SSSR count). The van der Waals surface area contributed by atoms with Crippen LogP contribution in [-0.2, 0) is 9.53 Å². The lowest BCUT2D eigenvalue weighted by atomic mass is 10.0. The van der Waals surface area contributed by atoms with Gasteiger partial charge in [-0.05, 0) is 29.9 Å². The Bertz CT molecular complexity index is 399. The molecule has 0 heterocycles. The van der Waals surface area contributed by atoms with Crippen molar-refractivity contribution in [2.75, 3.05) is 20.3 Å². The fourth-order valence-corrected chi connectivity index (χ4v) is 2.07. The van der Waals surface area contributed by atoms with Crippen molar-refractivity contribution >= 4 is 5.91 Å². The van der Waals surface area contributed by atoms with E-state index in [1.54, 1.807) is 7.11 Å². The minimum absolute atomic E-state index is 0.356. The number of carbonyl (C=O) groups is 1. The van der Waals surface area contributed by atoms with Gasteiger partial charge in [0.05, 0.1) is 6.61 Å². The van der Waals surface area contributed by atoms with Gasteiger partial charge < -0.3 is 10.5 Å². The smallest absolute Gasteiger partial charge is 0.239 e. The van der Waals surface area contributed by atoms with Crippen LogP contribution in [0.1, 0.15) is 35.9 Å². The molecule has 1 aliphatic rings. The van der Waals surface area contributed by atoms with Gasteiger partial charge >= 0.3 is 0 Å². The normalized spacial score (nSPS) is 16.5. The lowest BCUT2D eigenvalue weighted by Gasteiger charge is -2.16. The van der Waals surface area contributed by atoms with E-state index >= 15 is 0 Å². The third-order valence-electron chi connectivity index (χ3n) is 3.26. The minimum Gasteiger partial charge on any atom is -0.383 e. The Hall–Kier alpha value is -1.39. The summed E-state index contributed by atoms with van der Waals surface area (Å²) in [5.74, 6) is 0.373. The zero-order chi connectivity index (χ0) is 13.0. The van der Waals surface area contributed by atoms with Gasteiger partial charge in [0.1, 0.15) is 6.04 Å². The molecule has 98 valence electrons. The van der Waals surface area contributed by atoms with Crippen molar-refractivity contribution in [2.45, 2.75) is 24.8 Å². The number of nitrogens with one attached hydrogen (secondary N) is 1. The summed E-state index contributed by atoms with van der Waals surface area (Å²) in [4.78, 5) is 11.4. The standard InChI is InChI=1S/C14H20N2O2/c1-18-9-8-16-13(14(15)17)12-6-4-11(5-7-12)10-2-3-10/h4-7,10,13,16H,2-3,8-9H2,1H3,(H2,15,17). The number of carbonyl (C=O) groups excluding carboxylic acids is 1. The van der Waals surface area contributed by atoms with Gasteiger partial charge in [0.2, 0.25) is 5.91 Å². The van der Waals surface area contributed by atoms with Gasteiger partial charge in [-0.2, -0.15) is 0 Å². The van der Waals surface area contributed by atoms with E-state index in [0.29, 0.717) is 13.2 Å². The van der Waals surface area contributed by atoms with Crippen LogP contribution in [0.5, 0.6) is 0 Å². The van der Waals surface area contributed by atoms with Crippen molar-refractivity contribution in [3.63, 3.8) is 0 Å². The van der Waals surface area contributed by atoms with Crippen molar-refractivity contribution in [2.24, 2.45) is 5.73 Å². The summed E-state index contributed by atoms with van der Waals surface area (Å²) >= 11 is 0. The molecule has 0 aromatic heterocycles. The maximum absolute atomic E-state index is 11.4. The highest BCUT2D eigenvalue weighted by atomic mass is 16.5. The molecular formula is C14H20N2O2. The minimum atomic E-state index is -0.437. The van der Waals surface area contributed by atoms with Crippen LogP contribution in [0.3, 0.4) is 0 Å². The average Bonchev–Trinajstić information content (AvgIpc) is 3.19. The van der Waals surface area contributed by atoms with E-state index in [4.69, 9.17) is 10.5 Å². The maximum atomic E-state index is 11.4. The predicted molar refractivity (Wildman–Crippen MR) is 70.2 cm³/mol. The van der Waals surface area contributed by atoms with Gasteiger partial charge in [-0.3, -0.25) is 10.1 Å². The van der Waals surface area contributed by atoms with Crippen LogP contribution in [0.25, 0.3) is 0 Å². The van der Waals surface area contributed by atoms with Crippen LogP contribution >= 0.6 is 0 Å². The molecule has 0 aliphatic heterocycles. The lowest BCUT2D eigenvalue weighted by Crippen LogP contribution is -2.35. The highest BCUT2D eigenvalue weighted by Crippen LogP contribution is 2.40. The number of hydrogen-bond acceptors (Lipinski definition) is 3. The van der Waals surface area contributed by atoms with Crippen molar-refractivity contribution < 1.29 is 9.53 Å². The third-order valence-corrected chi connectivity index (χ3v) is 3.26. The van der Waals surface area contributed by atoms with E-state index in [2.05, 4.69) is 17.4 Å². The molecule has 4 heteroatoms. The van der Waals surface area contributed by atoms with Crippen molar-refractivity contribution in [3.8, 4) is 0 Å². The Kier molecular flexibility index (Phi) is 4.33. The average molecular weight is 248 g/mol. The zero-order valence-corrected chi connectivity index (χ0v) is 10.7. The molecule has 1 saturated carbocycles. The molecule has 1 amide bonds. The Morgan fingerprint density at radius 3 is 2.61 bits per heavy atom. The topological polar surface area (TPSA) is 64.3 Å². The molecule has 0 radical (unpaired) electrons. The number of primary amides is 1. The Balaban J connectivity index is 2.02. The second kappa shape index (κ2) is 5.98. The van der Waals surface area contributed by atoms with Crippen LogP contribution < -0.4 is 11.1 Å². The van der Waals surface area contributed by atoms with Gasteiger partial charge in [0.25, 0.3) is 0 Å². The first kappa shape index (κ1) is 13.1. The van der Waals surface area contributed by atoms with E-state index in [9.17, 15) is 4.79 Å². The highest BCUT2D eigenvalue weighted by Gasteiger charge is 2.24. The van der Waals surface area contributed by atoms with Gasteiger partial charge in [-0.1, -0.05) is 24.3 Å². The molecule has 4 nitrogen and oxygen atoms in total. The summed E-state index contributed by atoms with van der Waals surface area (Å²) in [5, 5.41) is 3.10. The third kappa shape index (κ3) is 3.31. The molecule has 1 unspecified atom stereocenters. The van der Waals surface area contributed by atoms with E-state index in [1.807, 2.05) is 12.1 Å². The monoisotopic (exact) mass is 248 g/mol. The van der Waals surface area contributed by atoms with Gasteiger partial charge in [0, 0.05) is 13.7 Å². The van der Waals surface area contributed by atoms with E-state index in [1.165, 1.54) is 18.4 Å². The Morgan fingerprint density at radius 1 is 1.44 bits per heavy atom. The Morgan fingerprint density at radius 2 is 2.11 bits per heavy atom. The first-order valence-electron chi connectivity index (χ1n) is 6.34. The quantitative estimate of drug-likeness (QED) is 0.715. The van der Waals surface area contributed by atoms with E-state index in [-0.39, 0.29) is 5.91 Å². The van der Waals surface area contributed by atoms with Crippen molar-refractivity contribution in [3.05, 3.63) is 35.4 Å². The largest absolute Gasteiger partial charge is 0.383 e. The fraction of sp³-hybridized carbons (Fsp3) is 0.500. The van der Waals surface area contributed by atoms with Gasteiger partial charge in [-0.25, -0.2) is 0 Å². The number of nitrogens with two attached hydrogens (primary N) is 1. The number of hydrogen-bond donors (Lipinski definition) is 2. The second-order valence-electron chi connectivity index (χ2n) is 4.72. The lowest BCUT2D eigenvalue weighted by molar-refractivity contribution is -0.120. The SMILES string of the molecule is COCCNC(C(N)=O)c1ccc(C2CC2)cc1. The van der Waals surface area contributed by atoms with Crippen molar-refractivity contribution in [1.29, 1.82) is 0 Å². The molecule has 18 heavy (non-hydrogen) atoms. The molecule has 0 saturated heterocycles. The summed E-state index contributed by atoms with van der Waals surface area (Å²) < 4.78 is 4.95. The molecule has 1 aromatic carbocycles. The summed E-state index contributed by atoms with van der Waals surface area (Å²) in [7, 11) is 1.63. The molecule has 0 spiro atoms. The molecule has 1 aromatic rings.